The Bertz CT molecular complexity index is 2120. The molecule has 1 amide bonds. The van der Waals surface area contributed by atoms with E-state index in [4.69, 9.17) is 11.6 Å². The smallest absolute Gasteiger partial charge is 0.361 e. The number of piperazine rings is 1. The van der Waals surface area contributed by atoms with Crippen molar-refractivity contribution in [3.05, 3.63) is 148 Å². The molecule has 1 aromatic heterocycles. The second kappa shape index (κ2) is 14.2. The van der Waals surface area contributed by atoms with Crippen molar-refractivity contribution in [2.75, 3.05) is 6.54 Å². The number of hydrogen-bond acceptors (Lipinski definition) is 4. The molecule has 262 valence electrons. The number of rotatable bonds is 8. The molecule has 0 aliphatic carbocycles. The molecule has 3 unspecified atom stereocenters. The summed E-state index contributed by atoms with van der Waals surface area (Å²) >= 11 is 5.98. The lowest BCUT2D eigenvalue weighted by Gasteiger charge is -2.45. The molecule has 5 aromatic rings. The normalized spacial score (nSPS) is 18.3. The Kier molecular flexibility index (Phi) is 9.92. The minimum atomic E-state index is -4.97. The number of carbonyl (C=O) groups is 3. The van der Waals surface area contributed by atoms with E-state index >= 15 is 0 Å². The number of H-pyrrole nitrogens is 1. The van der Waals surface area contributed by atoms with E-state index in [9.17, 15) is 40.7 Å². The fraction of sp³-hybridized carbons (Fsp3) is 0.184. The molecule has 1 fully saturated rings. The number of nitrogens with zero attached hydrogens (tertiary/aromatic N) is 1. The van der Waals surface area contributed by atoms with Crippen molar-refractivity contribution in [1.29, 1.82) is 0 Å². The van der Waals surface area contributed by atoms with Gasteiger partial charge in [0.05, 0.1) is 11.1 Å². The number of aromatic nitrogens is 1. The fourth-order valence-corrected chi connectivity index (χ4v) is 6.58. The molecule has 1 saturated heterocycles. The van der Waals surface area contributed by atoms with E-state index < -0.39 is 76.8 Å². The van der Waals surface area contributed by atoms with Crippen LogP contribution in [0.3, 0.4) is 0 Å². The summed E-state index contributed by atoms with van der Waals surface area (Å²) in [6.45, 7) is -0.400. The van der Waals surface area contributed by atoms with Gasteiger partial charge in [-0.05, 0) is 54.0 Å². The first kappa shape index (κ1) is 35.6. The first-order valence-electron chi connectivity index (χ1n) is 15.7. The summed E-state index contributed by atoms with van der Waals surface area (Å²) in [5, 5.41) is 4.21. The first-order chi connectivity index (χ1) is 24.2. The molecule has 3 atom stereocenters. The Labute approximate surface area is 292 Å². The number of para-hydroxylation sites is 1. The highest BCUT2D eigenvalue weighted by molar-refractivity contribution is 6.30. The predicted molar refractivity (Wildman–Crippen MR) is 180 cm³/mol. The van der Waals surface area contributed by atoms with Crippen molar-refractivity contribution in [3.63, 3.8) is 0 Å². The molecule has 0 radical (unpaired) electrons. The van der Waals surface area contributed by atoms with E-state index in [0.717, 1.165) is 58.3 Å². The average molecular weight is 724 g/mol. The number of aromatic amines is 1. The molecule has 0 bridgehead atoms. The molecule has 6 nitrogen and oxygen atoms in total. The van der Waals surface area contributed by atoms with Gasteiger partial charge in [0, 0.05) is 51.9 Å². The molecule has 4 aromatic carbocycles. The monoisotopic (exact) mass is 723 g/mol. The largest absolute Gasteiger partial charge is 0.417 e. The average Bonchev–Trinajstić information content (AvgIpc) is 3.52. The highest BCUT2D eigenvalue weighted by atomic mass is 35.5. The Hall–Kier alpha value is -5.20. The van der Waals surface area contributed by atoms with Crippen molar-refractivity contribution < 1.29 is 40.7 Å². The van der Waals surface area contributed by atoms with Crippen molar-refractivity contribution in [2.24, 2.45) is 0 Å². The van der Waals surface area contributed by atoms with Crippen molar-refractivity contribution in [2.45, 2.75) is 36.9 Å². The molecule has 0 saturated carbocycles. The maximum atomic E-state index is 14.6. The Morgan fingerprint density at radius 3 is 1.96 bits per heavy atom. The Morgan fingerprint density at radius 1 is 0.765 bits per heavy atom. The highest BCUT2D eigenvalue weighted by Crippen LogP contribution is 2.36. The van der Waals surface area contributed by atoms with Gasteiger partial charge < -0.3 is 15.2 Å². The fourth-order valence-electron chi connectivity index (χ4n) is 6.46. The van der Waals surface area contributed by atoms with Gasteiger partial charge in [0.2, 0.25) is 5.91 Å². The number of halogens is 7. The lowest BCUT2D eigenvalue weighted by Crippen LogP contribution is -2.69. The van der Waals surface area contributed by atoms with Gasteiger partial charge in [0.25, 0.3) is 0 Å². The van der Waals surface area contributed by atoms with E-state index in [1.807, 2.05) is 0 Å². The quantitative estimate of drug-likeness (QED) is 0.0957. The minimum absolute atomic E-state index is 0.000663. The zero-order chi connectivity index (χ0) is 36.5. The summed E-state index contributed by atoms with van der Waals surface area (Å²) in [4.78, 5) is 46.9. The van der Waals surface area contributed by atoms with Gasteiger partial charge in [-0.1, -0.05) is 78.3 Å². The molecule has 2 heterocycles. The topological polar surface area (TPSA) is 82.3 Å². The third-order valence-electron chi connectivity index (χ3n) is 8.81. The molecule has 1 aliphatic rings. The van der Waals surface area contributed by atoms with Crippen molar-refractivity contribution >= 4 is 46.1 Å². The summed E-state index contributed by atoms with van der Waals surface area (Å²) in [5.41, 5.74) is -2.16. The van der Waals surface area contributed by atoms with Crippen LogP contribution in [0.1, 0.15) is 43.0 Å². The number of ketones is 2. The van der Waals surface area contributed by atoms with Crippen LogP contribution in [-0.4, -0.2) is 52.0 Å². The van der Waals surface area contributed by atoms with Crippen molar-refractivity contribution in [3.8, 4) is 0 Å². The maximum Gasteiger partial charge on any atom is 0.417 e. The lowest BCUT2D eigenvalue weighted by molar-refractivity contribution is -0.138. The summed E-state index contributed by atoms with van der Waals surface area (Å²) in [5.74, 6) is -3.26. The number of alkyl halides is 6. The predicted octanol–water partition coefficient (Wildman–Crippen LogP) is 8.42. The number of amides is 1. The van der Waals surface area contributed by atoms with Crippen LogP contribution in [0, 0.1) is 0 Å². The molecule has 51 heavy (non-hydrogen) atoms. The molecule has 1 aliphatic heterocycles. The summed E-state index contributed by atoms with van der Waals surface area (Å²) in [6.07, 6.45) is -5.86. The van der Waals surface area contributed by atoms with Gasteiger partial charge in [-0.15, -0.1) is 0 Å². The van der Waals surface area contributed by atoms with Crippen LogP contribution in [0.25, 0.3) is 17.0 Å². The van der Waals surface area contributed by atoms with E-state index in [2.05, 4.69) is 10.3 Å². The second-order valence-corrected chi connectivity index (χ2v) is 12.4. The van der Waals surface area contributed by atoms with E-state index in [-0.39, 0.29) is 6.42 Å². The molecular formula is C38H28ClF6N3O3. The van der Waals surface area contributed by atoms with Crippen LogP contribution in [0.5, 0.6) is 0 Å². The van der Waals surface area contributed by atoms with Gasteiger partial charge in [-0.2, -0.15) is 26.3 Å². The number of Topliss-reactive ketones (excluding diaryl/α,β-unsaturated/α-hetero) is 2. The molecule has 6 rings (SSSR count). The van der Waals surface area contributed by atoms with Gasteiger partial charge in [0.1, 0.15) is 12.1 Å². The molecule has 13 heteroatoms. The third-order valence-corrected chi connectivity index (χ3v) is 9.07. The standard InChI is InChI=1S/C38H28ClF6N3O3/c39-24-16-13-22(14-17-24)15-18-33(49)48-32(35(50)26-8-1-4-10-28(26)37(40,41)42)21-47-31(19-23-20-46-30-12-6-3-7-25(23)30)34(48)36(51)27-9-2-5-11-29(27)38(43,44)45/h1-18,20,31-32,34,46-47H,19,21H2/b18-15+. The number of carbonyl (C=O) groups excluding carboxylic acids is 3. The van der Waals surface area contributed by atoms with Gasteiger partial charge in [0.15, 0.2) is 11.6 Å². The van der Waals surface area contributed by atoms with Crippen LogP contribution in [-0.2, 0) is 23.6 Å². The van der Waals surface area contributed by atoms with Crippen LogP contribution in [0.15, 0.2) is 109 Å². The summed E-state index contributed by atoms with van der Waals surface area (Å²) in [6, 6.07) is 16.9. The number of hydrogen-bond donors (Lipinski definition) is 2. The van der Waals surface area contributed by atoms with Gasteiger partial charge >= 0.3 is 12.4 Å². The van der Waals surface area contributed by atoms with Crippen LogP contribution < -0.4 is 5.32 Å². The minimum Gasteiger partial charge on any atom is -0.361 e. The summed E-state index contributed by atoms with van der Waals surface area (Å²) < 4.78 is 85.2. The van der Waals surface area contributed by atoms with Crippen molar-refractivity contribution in [1.82, 2.24) is 15.2 Å². The zero-order valence-electron chi connectivity index (χ0n) is 26.4. The Balaban J connectivity index is 1.52. The Morgan fingerprint density at radius 2 is 1.33 bits per heavy atom. The lowest BCUT2D eigenvalue weighted by atomic mass is 9.84. The van der Waals surface area contributed by atoms with Gasteiger partial charge in [-0.25, -0.2) is 0 Å². The number of benzene rings is 4. The molecular weight excluding hydrogens is 696 g/mol. The van der Waals surface area contributed by atoms with E-state index in [1.54, 1.807) is 54.7 Å². The third kappa shape index (κ3) is 7.47. The van der Waals surface area contributed by atoms with Crippen LogP contribution in [0.4, 0.5) is 26.3 Å². The molecule has 0 spiro atoms. The van der Waals surface area contributed by atoms with Gasteiger partial charge in [-0.3, -0.25) is 14.4 Å². The van der Waals surface area contributed by atoms with Crippen LogP contribution >= 0.6 is 11.6 Å². The maximum absolute atomic E-state index is 14.6. The number of fused-ring (bicyclic) bond motifs is 1. The summed E-state index contributed by atoms with van der Waals surface area (Å²) in [7, 11) is 0. The second-order valence-electron chi connectivity index (χ2n) is 12.0. The van der Waals surface area contributed by atoms with Crippen LogP contribution in [0.2, 0.25) is 5.02 Å². The highest BCUT2D eigenvalue weighted by Gasteiger charge is 2.49. The van der Waals surface area contributed by atoms with E-state index in [0.29, 0.717) is 16.1 Å². The first-order valence-corrected chi connectivity index (χ1v) is 16.1. The zero-order valence-corrected chi connectivity index (χ0v) is 27.2. The van der Waals surface area contributed by atoms with E-state index in [1.165, 1.54) is 18.2 Å². The molecule has 2 N–H and O–H groups in total. The number of nitrogens with one attached hydrogen (secondary N) is 2. The SMILES string of the molecule is O=C(c1ccccc1C(F)(F)F)C1CNC(Cc2c[nH]c3ccccc23)C(C(=O)c2ccccc2C(F)(F)F)N1C(=O)/C=C/c1ccc(Cl)cc1.